The summed E-state index contributed by atoms with van der Waals surface area (Å²) < 4.78 is 0. The predicted octanol–water partition coefficient (Wildman–Crippen LogP) is 0.219. The number of aromatic amines is 1. The second kappa shape index (κ2) is 4.06. The fourth-order valence-electron chi connectivity index (χ4n) is 2.82. The third-order valence-electron chi connectivity index (χ3n) is 3.98. The topological polar surface area (TPSA) is 87.0 Å². The molecule has 100 valence electrons. The van der Waals surface area contributed by atoms with Crippen molar-refractivity contribution in [2.75, 3.05) is 36.8 Å². The summed E-state index contributed by atoms with van der Waals surface area (Å²) in [5.41, 5.74) is 6.48. The van der Waals surface area contributed by atoms with E-state index in [2.05, 4.69) is 30.0 Å². The van der Waals surface area contributed by atoms with E-state index in [9.17, 15) is 0 Å². The van der Waals surface area contributed by atoms with E-state index in [0.29, 0.717) is 11.6 Å². The number of anilines is 2. The van der Waals surface area contributed by atoms with Crippen molar-refractivity contribution in [1.29, 1.82) is 0 Å². The van der Waals surface area contributed by atoms with E-state index in [4.69, 9.17) is 5.73 Å². The largest absolute Gasteiger partial charge is 0.368 e. The molecular weight excluding hydrogens is 242 g/mol. The number of fused-ring (bicyclic) bond motifs is 1. The quantitative estimate of drug-likeness (QED) is 0.802. The van der Waals surface area contributed by atoms with Crippen LogP contribution in [0.25, 0.3) is 11.0 Å². The molecule has 3 N–H and O–H groups in total. The van der Waals surface area contributed by atoms with Crippen LogP contribution in [0.2, 0.25) is 0 Å². The Morgan fingerprint density at radius 1 is 1.16 bits per heavy atom. The molecule has 1 saturated heterocycles. The van der Waals surface area contributed by atoms with Gasteiger partial charge in [0, 0.05) is 32.2 Å². The lowest BCUT2D eigenvalue weighted by Gasteiger charge is -2.35. The van der Waals surface area contributed by atoms with Crippen molar-refractivity contribution in [3.63, 3.8) is 0 Å². The molecule has 3 heterocycles. The van der Waals surface area contributed by atoms with Crippen LogP contribution < -0.4 is 10.6 Å². The third-order valence-corrected chi connectivity index (χ3v) is 3.98. The molecule has 0 atom stereocenters. The smallest absolute Gasteiger partial charge is 0.224 e. The van der Waals surface area contributed by atoms with Gasteiger partial charge in [0.2, 0.25) is 5.95 Å². The molecule has 1 saturated carbocycles. The maximum atomic E-state index is 5.77. The summed E-state index contributed by atoms with van der Waals surface area (Å²) >= 11 is 0. The standard InChI is InChI=1S/C12H17N7/c13-12-15-10-9(7-14-17-10)11(16-12)19-5-3-18(4-6-19)8-1-2-8/h7-8H,1-6H2,(H3,13,14,15,16,17). The van der Waals surface area contributed by atoms with Gasteiger partial charge in [-0.05, 0) is 12.8 Å². The minimum absolute atomic E-state index is 0.302. The van der Waals surface area contributed by atoms with E-state index in [0.717, 1.165) is 43.4 Å². The van der Waals surface area contributed by atoms with Gasteiger partial charge in [0.15, 0.2) is 5.65 Å². The van der Waals surface area contributed by atoms with Crippen molar-refractivity contribution >= 4 is 22.8 Å². The number of aromatic nitrogens is 4. The Kier molecular flexibility index (Phi) is 2.34. The molecule has 2 fully saturated rings. The second-order valence-electron chi connectivity index (χ2n) is 5.29. The van der Waals surface area contributed by atoms with Crippen LogP contribution in [0.5, 0.6) is 0 Å². The zero-order valence-electron chi connectivity index (χ0n) is 10.7. The lowest BCUT2D eigenvalue weighted by Crippen LogP contribution is -2.47. The van der Waals surface area contributed by atoms with Crippen LogP contribution in [-0.2, 0) is 0 Å². The van der Waals surface area contributed by atoms with E-state index in [1.807, 2.05) is 0 Å². The summed E-state index contributed by atoms with van der Waals surface area (Å²) in [6.45, 7) is 4.20. The fourth-order valence-corrected chi connectivity index (χ4v) is 2.82. The molecule has 2 aromatic rings. The molecule has 0 unspecified atom stereocenters. The number of piperazine rings is 1. The average molecular weight is 259 g/mol. The molecule has 1 aliphatic carbocycles. The Morgan fingerprint density at radius 2 is 1.95 bits per heavy atom. The zero-order valence-corrected chi connectivity index (χ0v) is 10.7. The molecule has 7 nitrogen and oxygen atoms in total. The van der Waals surface area contributed by atoms with Crippen LogP contribution in [0.3, 0.4) is 0 Å². The first-order valence-electron chi connectivity index (χ1n) is 6.77. The van der Waals surface area contributed by atoms with Crippen molar-refractivity contribution in [1.82, 2.24) is 25.1 Å². The lowest BCUT2D eigenvalue weighted by molar-refractivity contribution is 0.248. The maximum absolute atomic E-state index is 5.77. The number of nitrogen functional groups attached to an aromatic ring is 1. The summed E-state index contributed by atoms with van der Waals surface area (Å²) in [5.74, 6) is 1.21. The minimum Gasteiger partial charge on any atom is -0.368 e. The molecule has 0 spiro atoms. The van der Waals surface area contributed by atoms with Gasteiger partial charge in [-0.15, -0.1) is 0 Å². The highest BCUT2D eigenvalue weighted by molar-refractivity contribution is 5.87. The molecule has 4 rings (SSSR count). The summed E-state index contributed by atoms with van der Waals surface area (Å²) in [4.78, 5) is 13.4. The van der Waals surface area contributed by atoms with Crippen LogP contribution in [0.1, 0.15) is 12.8 Å². The van der Waals surface area contributed by atoms with E-state index in [-0.39, 0.29) is 0 Å². The number of hydrogen-bond donors (Lipinski definition) is 2. The highest BCUT2D eigenvalue weighted by atomic mass is 15.3. The number of H-pyrrole nitrogens is 1. The molecule has 0 bridgehead atoms. The molecular formula is C12H17N7. The Labute approximate surface area is 110 Å². The van der Waals surface area contributed by atoms with Gasteiger partial charge < -0.3 is 10.6 Å². The van der Waals surface area contributed by atoms with Gasteiger partial charge in [-0.2, -0.15) is 15.1 Å². The van der Waals surface area contributed by atoms with Gasteiger partial charge in [-0.3, -0.25) is 10.00 Å². The van der Waals surface area contributed by atoms with Crippen molar-refractivity contribution < 1.29 is 0 Å². The Bertz CT molecular complexity index is 595. The van der Waals surface area contributed by atoms with Crippen LogP contribution in [0.15, 0.2) is 6.20 Å². The van der Waals surface area contributed by atoms with Crippen molar-refractivity contribution in [3.05, 3.63) is 6.20 Å². The highest BCUT2D eigenvalue weighted by Crippen LogP contribution is 2.29. The van der Waals surface area contributed by atoms with Crippen LogP contribution in [0.4, 0.5) is 11.8 Å². The summed E-state index contributed by atoms with van der Waals surface area (Å²) in [6.07, 6.45) is 4.51. The van der Waals surface area contributed by atoms with Gasteiger partial charge in [0.25, 0.3) is 0 Å². The molecule has 0 radical (unpaired) electrons. The summed E-state index contributed by atoms with van der Waals surface area (Å²) in [6, 6.07) is 0.839. The van der Waals surface area contributed by atoms with E-state index >= 15 is 0 Å². The van der Waals surface area contributed by atoms with Gasteiger partial charge >= 0.3 is 0 Å². The van der Waals surface area contributed by atoms with Crippen molar-refractivity contribution in [2.24, 2.45) is 0 Å². The van der Waals surface area contributed by atoms with Crippen molar-refractivity contribution in [3.8, 4) is 0 Å². The first kappa shape index (κ1) is 11.0. The molecule has 2 aromatic heterocycles. The monoisotopic (exact) mass is 259 g/mol. The Balaban J connectivity index is 1.61. The summed E-state index contributed by atoms with van der Waals surface area (Å²) in [5, 5.41) is 7.84. The molecule has 0 amide bonds. The fraction of sp³-hybridized carbons (Fsp3) is 0.583. The molecule has 7 heteroatoms. The summed E-state index contributed by atoms with van der Waals surface area (Å²) in [7, 11) is 0. The average Bonchev–Trinajstić information content (AvgIpc) is 3.17. The highest BCUT2D eigenvalue weighted by Gasteiger charge is 2.31. The predicted molar refractivity (Wildman–Crippen MR) is 72.9 cm³/mol. The first-order valence-corrected chi connectivity index (χ1v) is 6.77. The number of hydrogen-bond acceptors (Lipinski definition) is 6. The second-order valence-corrected chi connectivity index (χ2v) is 5.29. The molecule has 2 aliphatic rings. The molecule has 1 aliphatic heterocycles. The van der Waals surface area contributed by atoms with Crippen LogP contribution >= 0.6 is 0 Å². The number of rotatable bonds is 2. The zero-order chi connectivity index (χ0) is 12.8. The van der Waals surface area contributed by atoms with E-state index < -0.39 is 0 Å². The maximum Gasteiger partial charge on any atom is 0.224 e. The van der Waals surface area contributed by atoms with E-state index in [1.165, 1.54) is 12.8 Å². The molecule has 0 aromatic carbocycles. The first-order chi connectivity index (χ1) is 9.31. The number of nitrogens with two attached hydrogens (primary N) is 1. The number of nitrogens with one attached hydrogen (secondary N) is 1. The SMILES string of the molecule is Nc1nc(N2CCN(C3CC3)CC2)c2cn[nH]c2n1. The van der Waals surface area contributed by atoms with Gasteiger partial charge in [0.1, 0.15) is 5.82 Å². The third kappa shape index (κ3) is 1.90. The van der Waals surface area contributed by atoms with Gasteiger partial charge in [0.05, 0.1) is 11.6 Å². The molecule has 19 heavy (non-hydrogen) atoms. The van der Waals surface area contributed by atoms with Gasteiger partial charge in [-0.1, -0.05) is 0 Å². The lowest BCUT2D eigenvalue weighted by atomic mass is 10.2. The Hall–Kier alpha value is -1.89. The number of nitrogens with zero attached hydrogens (tertiary/aromatic N) is 5. The van der Waals surface area contributed by atoms with Gasteiger partial charge in [-0.25, -0.2) is 0 Å². The normalized spacial score (nSPS) is 21.2. The van der Waals surface area contributed by atoms with Crippen LogP contribution in [-0.4, -0.2) is 57.3 Å². The Morgan fingerprint density at radius 3 is 2.68 bits per heavy atom. The van der Waals surface area contributed by atoms with Crippen LogP contribution in [0, 0.1) is 0 Å². The van der Waals surface area contributed by atoms with E-state index in [1.54, 1.807) is 6.20 Å². The minimum atomic E-state index is 0.302. The van der Waals surface area contributed by atoms with Crippen molar-refractivity contribution in [2.45, 2.75) is 18.9 Å².